The highest BCUT2D eigenvalue weighted by molar-refractivity contribution is 5.79. The first-order chi connectivity index (χ1) is 9.58. The van der Waals surface area contributed by atoms with Crippen LogP contribution in [0.3, 0.4) is 0 Å². The third kappa shape index (κ3) is 3.95. The van der Waals surface area contributed by atoms with Gasteiger partial charge in [0.05, 0.1) is 5.92 Å². The summed E-state index contributed by atoms with van der Waals surface area (Å²) in [6.45, 7) is 5.14. The second-order valence-corrected chi connectivity index (χ2v) is 6.22. The maximum atomic E-state index is 12.1. The number of hydrogen-bond donors (Lipinski definition) is 2. The third-order valence-electron chi connectivity index (χ3n) is 4.78. The van der Waals surface area contributed by atoms with Crippen LogP contribution in [0.2, 0.25) is 0 Å². The number of carbonyl (C=O) groups is 2. The van der Waals surface area contributed by atoms with E-state index in [9.17, 15) is 9.59 Å². The van der Waals surface area contributed by atoms with Crippen LogP contribution in [-0.4, -0.2) is 47.6 Å². The minimum Gasteiger partial charge on any atom is -0.481 e. The first-order valence-electron chi connectivity index (χ1n) is 7.82. The molecule has 1 aliphatic carbocycles. The van der Waals surface area contributed by atoms with Gasteiger partial charge in [-0.1, -0.05) is 0 Å². The van der Waals surface area contributed by atoms with Gasteiger partial charge in [0, 0.05) is 18.5 Å². The van der Waals surface area contributed by atoms with Crippen molar-refractivity contribution < 1.29 is 14.7 Å². The van der Waals surface area contributed by atoms with Crippen molar-refractivity contribution in [3.05, 3.63) is 0 Å². The average molecular weight is 282 g/mol. The van der Waals surface area contributed by atoms with Crippen LogP contribution < -0.4 is 5.32 Å². The fourth-order valence-corrected chi connectivity index (χ4v) is 3.31. The summed E-state index contributed by atoms with van der Waals surface area (Å²) in [4.78, 5) is 25.4. The number of amides is 1. The predicted molar refractivity (Wildman–Crippen MR) is 76.4 cm³/mol. The van der Waals surface area contributed by atoms with Crippen LogP contribution in [0.5, 0.6) is 0 Å². The van der Waals surface area contributed by atoms with E-state index in [2.05, 4.69) is 17.1 Å². The summed E-state index contributed by atoms with van der Waals surface area (Å²) < 4.78 is 0. The van der Waals surface area contributed by atoms with E-state index in [4.69, 9.17) is 5.11 Å². The number of hydrogen-bond acceptors (Lipinski definition) is 3. The van der Waals surface area contributed by atoms with Crippen LogP contribution in [0, 0.1) is 11.8 Å². The van der Waals surface area contributed by atoms with Crippen LogP contribution >= 0.6 is 0 Å². The average Bonchev–Trinajstić information content (AvgIpc) is 2.98. The van der Waals surface area contributed by atoms with Crippen LogP contribution in [0.4, 0.5) is 0 Å². The molecule has 0 aromatic carbocycles. The lowest BCUT2D eigenvalue weighted by molar-refractivity contribution is -0.144. The molecule has 2 rings (SSSR count). The molecule has 0 bridgehead atoms. The zero-order chi connectivity index (χ0) is 14.5. The van der Waals surface area contributed by atoms with E-state index in [1.807, 2.05) is 0 Å². The van der Waals surface area contributed by atoms with Crippen molar-refractivity contribution in [2.75, 3.05) is 19.6 Å². The van der Waals surface area contributed by atoms with Gasteiger partial charge in [-0.15, -0.1) is 0 Å². The molecule has 1 saturated heterocycles. The lowest BCUT2D eigenvalue weighted by atomic mass is 9.81. The SMILES string of the molecule is CC(CNC(=O)C1CCC(C(=O)O)CC1)N1CCCC1. The van der Waals surface area contributed by atoms with Gasteiger partial charge < -0.3 is 10.4 Å². The predicted octanol–water partition coefficient (Wildman–Crippen LogP) is 1.48. The van der Waals surface area contributed by atoms with E-state index in [1.54, 1.807) is 0 Å². The number of nitrogens with one attached hydrogen (secondary N) is 1. The molecule has 114 valence electrons. The smallest absolute Gasteiger partial charge is 0.306 e. The fourth-order valence-electron chi connectivity index (χ4n) is 3.31. The highest BCUT2D eigenvalue weighted by Gasteiger charge is 2.30. The van der Waals surface area contributed by atoms with Crippen LogP contribution in [0.1, 0.15) is 45.4 Å². The van der Waals surface area contributed by atoms with Crippen molar-refractivity contribution in [3.63, 3.8) is 0 Å². The number of carboxylic acid groups (broad SMARTS) is 1. The van der Waals surface area contributed by atoms with Gasteiger partial charge in [-0.2, -0.15) is 0 Å². The maximum Gasteiger partial charge on any atom is 0.306 e. The zero-order valence-electron chi connectivity index (χ0n) is 12.3. The Morgan fingerprint density at radius 3 is 2.25 bits per heavy atom. The van der Waals surface area contributed by atoms with E-state index in [1.165, 1.54) is 12.8 Å². The van der Waals surface area contributed by atoms with Gasteiger partial charge in [-0.3, -0.25) is 14.5 Å². The molecule has 0 aromatic rings. The Labute approximate surface area is 120 Å². The van der Waals surface area contributed by atoms with Gasteiger partial charge in [0.1, 0.15) is 0 Å². The van der Waals surface area contributed by atoms with Crippen molar-refractivity contribution in [1.82, 2.24) is 10.2 Å². The topological polar surface area (TPSA) is 69.6 Å². The number of carboxylic acids is 1. The molecule has 0 radical (unpaired) electrons. The zero-order valence-corrected chi connectivity index (χ0v) is 12.3. The largest absolute Gasteiger partial charge is 0.481 e. The number of likely N-dealkylation sites (tertiary alicyclic amines) is 1. The molecule has 0 aromatic heterocycles. The van der Waals surface area contributed by atoms with E-state index in [-0.39, 0.29) is 17.7 Å². The molecule has 1 heterocycles. The summed E-state index contributed by atoms with van der Waals surface area (Å²) in [5.74, 6) is -0.842. The summed E-state index contributed by atoms with van der Waals surface area (Å²) >= 11 is 0. The van der Waals surface area contributed by atoms with Gasteiger partial charge in [0.25, 0.3) is 0 Å². The van der Waals surface area contributed by atoms with Crippen LogP contribution in [0.15, 0.2) is 0 Å². The van der Waals surface area contributed by atoms with Crippen molar-refractivity contribution in [2.24, 2.45) is 11.8 Å². The molecule has 20 heavy (non-hydrogen) atoms. The molecule has 0 spiro atoms. The molecule has 2 fully saturated rings. The molecule has 2 aliphatic rings. The molecule has 5 heteroatoms. The maximum absolute atomic E-state index is 12.1. The Morgan fingerprint density at radius 2 is 1.70 bits per heavy atom. The van der Waals surface area contributed by atoms with Gasteiger partial charge in [-0.25, -0.2) is 0 Å². The van der Waals surface area contributed by atoms with Gasteiger partial charge >= 0.3 is 5.97 Å². The molecule has 1 saturated carbocycles. The first kappa shape index (κ1) is 15.3. The Morgan fingerprint density at radius 1 is 1.15 bits per heavy atom. The standard InChI is InChI=1S/C15H26N2O3/c1-11(17-8-2-3-9-17)10-16-14(18)12-4-6-13(7-5-12)15(19)20/h11-13H,2-10H2,1H3,(H,16,18)(H,19,20). The monoisotopic (exact) mass is 282 g/mol. The van der Waals surface area contributed by atoms with E-state index < -0.39 is 5.97 Å². The molecule has 2 N–H and O–H groups in total. The molecule has 1 atom stereocenters. The Hall–Kier alpha value is -1.10. The molecule has 1 aliphatic heterocycles. The minimum atomic E-state index is -0.716. The Balaban J connectivity index is 1.68. The van der Waals surface area contributed by atoms with E-state index in [0.29, 0.717) is 38.3 Å². The summed E-state index contributed by atoms with van der Waals surface area (Å²) in [5, 5.41) is 12.0. The quantitative estimate of drug-likeness (QED) is 0.801. The summed E-state index contributed by atoms with van der Waals surface area (Å²) in [7, 11) is 0. The Bertz CT molecular complexity index is 345. The lowest BCUT2D eigenvalue weighted by Crippen LogP contribution is -2.43. The van der Waals surface area contributed by atoms with Crippen LogP contribution in [-0.2, 0) is 9.59 Å². The number of nitrogens with zero attached hydrogens (tertiary/aromatic N) is 1. The van der Waals surface area contributed by atoms with Gasteiger partial charge in [-0.05, 0) is 58.5 Å². The second kappa shape index (κ2) is 7.07. The normalized spacial score (nSPS) is 29.1. The van der Waals surface area contributed by atoms with E-state index >= 15 is 0 Å². The molecule has 1 unspecified atom stereocenters. The Kier molecular flexibility index (Phi) is 5.40. The lowest BCUT2D eigenvalue weighted by Gasteiger charge is -2.27. The summed E-state index contributed by atoms with van der Waals surface area (Å²) in [5.41, 5.74) is 0. The molecular weight excluding hydrogens is 256 g/mol. The molecular formula is C15H26N2O3. The van der Waals surface area contributed by atoms with Crippen LogP contribution in [0.25, 0.3) is 0 Å². The number of rotatable bonds is 5. The van der Waals surface area contributed by atoms with Crippen molar-refractivity contribution in [1.29, 1.82) is 0 Å². The fraction of sp³-hybridized carbons (Fsp3) is 0.867. The number of carbonyl (C=O) groups excluding carboxylic acids is 1. The summed E-state index contributed by atoms with van der Waals surface area (Å²) in [6, 6.07) is 0.400. The van der Waals surface area contributed by atoms with E-state index in [0.717, 1.165) is 13.1 Å². The highest BCUT2D eigenvalue weighted by Crippen LogP contribution is 2.29. The van der Waals surface area contributed by atoms with Crippen molar-refractivity contribution in [3.8, 4) is 0 Å². The van der Waals surface area contributed by atoms with Crippen molar-refractivity contribution in [2.45, 2.75) is 51.5 Å². The van der Waals surface area contributed by atoms with Gasteiger partial charge in [0.2, 0.25) is 5.91 Å². The second-order valence-electron chi connectivity index (χ2n) is 6.22. The molecule has 5 nitrogen and oxygen atoms in total. The van der Waals surface area contributed by atoms with Gasteiger partial charge in [0.15, 0.2) is 0 Å². The van der Waals surface area contributed by atoms with Crippen molar-refractivity contribution >= 4 is 11.9 Å². The minimum absolute atomic E-state index is 0.0105. The summed E-state index contributed by atoms with van der Waals surface area (Å²) in [6.07, 6.45) is 5.21. The third-order valence-corrected chi connectivity index (χ3v) is 4.78. The highest BCUT2D eigenvalue weighted by atomic mass is 16.4. The molecule has 1 amide bonds. The first-order valence-corrected chi connectivity index (χ1v) is 7.82. The number of aliphatic carboxylic acids is 1.